The molecular formula is C13H14N2. The molecule has 2 nitrogen and oxygen atoms in total. The lowest BCUT2D eigenvalue weighted by atomic mass is 9.76. The number of nitrogens with one attached hydrogen (secondary N) is 2. The highest BCUT2D eigenvalue weighted by molar-refractivity contribution is 5.73. The first kappa shape index (κ1) is 8.60. The molecule has 1 aliphatic heterocycles. The number of aromatic nitrogens is 1. The molecule has 2 aromatic rings. The number of fused-ring (bicyclic) bond motifs is 2. The number of rotatable bonds is 0. The zero-order valence-electron chi connectivity index (χ0n) is 8.96. The van der Waals surface area contributed by atoms with Crippen molar-refractivity contribution in [2.75, 3.05) is 5.32 Å². The van der Waals surface area contributed by atoms with Crippen LogP contribution in [0.4, 0.5) is 11.5 Å². The van der Waals surface area contributed by atoms with Crippen molar-refractivity contribution in [1.29, 1.82) is 0 Å². The van der Waals surface area contributed by atoms with Crippen LogP contribution >= 0.6 is 0 Å². The number of H-pyrrole nitrogens is 1. The predicted octanol–water partition coefficient (Wildman–Crippen LogP) is 3.40. The summed E-state index contributed by atoms with van der Waals surface area (Å²) in [6.07, 6.45) is 1.99. The summed E-state index contributed by atoms with van der Waals surface area (Å²) in [5, 5.41) is 3.42. The molecule has 1 aliphatic rings. The van der Waals surface area contributed by atoms with Gasteiger partial charge in [0.25, 0.3) is 0 Å². The number of hydrogen-bond donors (Lipinski definition) is 2. The van der Waals surface area contributed by atoms with Crippen molar-refractivity contribution in [2.45, 2.75) is 19.3 Å². The van der Waals surface area contributed by atoms with Crippen LogP contribution in [0.5, 0.6) is 0 Å². The molecule has 0 atom stereocenters. The second kappa shape index (κ2) is 2.66. The van der Waals surface area contributed by atoms with E-state index in [2.05, 4.69) is 54.5 Å². The maximum absolute atomic E-state index is 3.42. The van der Waals surface area contributed by atoms with Crippen molar-refractivity contribution < 1.29 is 0 Å². The average molecular weight is 198 g/mol. The van der Waals surface area contributed by atoms with Crippen LogP contribution in [0.3, 0.4) is 0 Å². The third-order valence-electron chi connectivity index (χ3n) is 3.28. The Kier molecular flexibility index (Phi) is 1.52. The van der Waals surface area contributed by atoms with E-state index in [1.54, 1.807) is 0 Å². The monoisotopic (exact) mass is 198 g/mol. The topological polar surface area (TPSA) is 27.8 Å². The maximum atomic E-state index is 3.42. The van der Waals surface area contributed by atoms with Crippen LogP contribution in [0.2, 0.25) is 0 Å². The molecule has 0 saturated heterocycles. The van der Waals surface area contributed by atoms with Crippen LogP contribution < -0.4 is 5.32 Å². The molecule has 1 aromatic heterocycles. The van der Waals surface area contributed by atoms with Crippen LogP contribution in [-0.2, 0) is 5.41 Å². The van der Waals surface area contributed by atoms with Gasteiger partial charge in [-0.1, -0.05) is 32.0 Å². The summed E-state index contributed by atoms with van der Waals surface area (Å²) < 4.78 is 0. The first-order chi connectivity index (χ1) is 7.19. The Morgan fingerprint density at radius 1 is 1.00 bits per heavy atom. The number of benzene rings is 1. The van der Waals surface area contributed by atoms with Crippen molar-refractivity contribution in [2.24, 2.45) is 0 Å². The molecule has 0 saturated carbocycles. The van der Waals surface area contributed by atoms with Crippen LogP contribution in [0.1, 0.15) is 25.0 Å². The van der Waals surface area contributed by atoms with E-state index in [1.165, 1.54) is 16.8 Å². The third kappa shape index (κ3) is 1.05. The Balaban J connectivity index is 2.29. The Hall–Kier alpha value is -1.70. The molecule has 0 radical (unpaired) electrons. The second-order valence-electron chi connectivity index (χ2n) is 4.56. The van der Waals surface area contributed by atoms with Crippen molar-refractivity contribution in [3.8, 4) is 0 Å². The summed E-state index contributed by atoms with van der Waals surface area (Å²) >= 11 is 0. The molecule has 0 spiro atoms. The Labute approximate surface area is 89.3 Å². The minimum atomic E-state index is 0.0805. The SMILES string of the molecule is CC1(C)c2ccccc2Nc2[nH]ccc21. The van der Waals surface area contributed by atoms with E-state index in [-0.39, 0.29) is 5.41 Å². The Bertz CT molecular complexity index is 509. The van der Waals surface area contributed by atoms with Gasteiger partial charge in [0.15, 0.2) is 0 Å². The summed E-state index contributed by atoms with van der Waals surface area (Å²) in [5.41, 5.74) is 3.98. The molecule has 0 bridgehead atoms. The Morgan fingerprint density at radius 2 is 1.80 bits per heavy atom. The number of para-hydroxylation sites is 1. The zero-order chi connectivity index (χ0) is 10.5. The molecule has 0 unspecified atom stereocenters. The quantitative estimate of drug-likeness (QED) is 0.667. The van der Waals surface area contributed by atoms with Gasteiger partial charge >= 0.3 is 0 Å². The summed E-state index contributed by atoms with van der Waals surface area (Å²) in [6, 6.07) is 10.6. The van der Waals surface area contributed by atoms with Crippen LogP contribution in [0, 0.1) is 0 Å². The van der Waals surface area contributed by atoms with Gasteiger partial charge in [0.05, 0.1) is 0 Å². The third-order valence-corrected chi connectivity index (χ3v) is 3.28. The van der Waals surface area contributed by atoms with Crippen molar-refractivity contribution in [3.63, 3.8) is 0 Å². The van der Waals surface area contributed by atoms with E-state index in [9.17, 15) is 0 Å². The summed E-state index contributed by atoms with van der Waals surface area (Å²) in [7, 11) is 0. The highest BCUT2D eigenvalue weighted by Gasteiger charge is 2.32. The lowest BCUT2D eigenvalue weighted by molar-refractivity contribution is 0.639. The van der Waals surface area contributed by atoms with E-state index in [0.717, 1.165) is 5.82 Å². The molecule has 2 N–H and O–H groups in total. The van der Waals surface area contributed by atoms with E-state index >= 15 is 0 Å². The normalized spacial score (nSPS) is 16.4. The summed E-state index contributed by atoms with van der Waals surface area (Å²) in [4.78, 5) is 3.24. The average Bonchev–Trinajstić information content (AvgIpc) is 2.67. The minimum Gasteiger partial charge on any atom is -0.348 e. The van der Waals surface area contributed by atoms with E-state index in [4.69, 9.17) is 0 Å². The molecule has 1 aromatic carbocycles. The molecule has 2 heterocycles. The van der Waals surface area contributed by atoms with Crippen molar-refractivity contribution in [1.82, 2.24) is 4.98 Å². The standard InChI is InChI=1S/C13H14N2/c1-13(2)9-5-3-4-6-11(9)15-12-10(13)7-8-14-12/h3-8,14-15H,1-2H3. The van der Waals surface area contributed by atoms with Gasteiger partial charge in [-0.05, 0) is 17.7 Å². The van der Waals surface area contributed by atoms with Gasteiger partial charge in [0, 0.05) is 22.9 Å². The van der Waals surface area contributed by atoms with Gasteiger partial charge < -0.3 is 10.3 Å². The van der Waals surface area contributed by atoms with Crippen LogP contribution in [-0.4, -0.2) is 4.98 Å². The highest BCUT2D eigenvalue weighted by Crippen LogP contribution is 2.44. The fourth-order valence-electron chi connectivity index (χ4n) is 2.41. The molecule has 0 amide bonds. The summed E-state index contributed by atoms with van der Waals surface area (Å²) in [6.45, 7) is 4.53. The van der Waals surface area contributed by atoms with Crippen LogP contribution in [0.15, 0.2) is 36.5 Å². The smallest absolute Gasteiger partial charge is 0.111 e. The van der Waals surface area contributed by atoms with Gasteiger partial charge in [0.2, 0.25) is 0 Å². The van der Waals surface area contributed by atoms with E-state index in [0.29, 0.717) is 0 Å². The molecule has 3 rings (SSSR count). The van der Waals surface area contributed by atoms with Crippen molar-refractivity contribution >= 4 is 11.5 Å². The van der Waals surface area contributed by atoms with E-state index in [1.807, 2.05) is 6.20 Å². The van der Waals surface area contributed by atoms with Gasteiger partial charge in [-0.15, -0.1) is 0 Å². The second-order valence-corrected chi connectivity index (χ2v) is 4.56. The fourth-order valence-corrected chi connectivity index (χ4v) is 2.41. The number of hydrogen-bond acceptors (Lipinski definition) is 1. The number of anilines is 2. The molecular weight excluding hydrogens is 184 g/mol. The molecule has 0 aliphatic carbocycles. The first-order valence-corrected chi connectivity index (χ1v) is 5.24. The van der Waals surface area contributed by atoms with Crippen molar-refractivity contribution in [3.05, 3.63) is 47.7 Å². The molecule has 2 heteroatoms. The predicted molar refractivity (Wildman–Crippen MR) is 62.6 cm³/mol. The first-order valence-electron chi connectivity index (χ1n) is 5.24. The maximum Gasteiger partial charge on any atom is 0.111 e. The van der Waals surface area contributed by atoms with E-state index < -0.39 is 0 Å². The molecule has 15 heavy (non-hydrogen) atoms. The number of aromatic amines is 1. The van der Waals surface area contributed by atoms with Gasteiger partial charge in [-0.2, -0.15) is 0 Å². The van der Waals surface area contributed by atoms with Gasteiger partial charge in [-0.3, -0.25) is 0 Å². The van der Waals surface area contributed by atoms with Gasteiger partial charge in [-0.25, -0.2) is 0 Å². The minimum absolute atomic E-state index is 0.0805. The lowest BCUT2D eigenvalue weighted by Crippen LogP contribution is -2.24. The van der Waals surface area contributed by atoms with Gasteiger partial charge in [0.1, 0.15) is 5.82 Å². The Morgan fingerprint density at radius 3 is 2.67 bits per heavy atom. The zero-order valence-corrected chi connectivity index (χ0v) is 8.96. The lowest BCUT2D eigenvalue weighted by Gasteiger charge is -2.33. The molecule has 76 valence electrons. The fraction of sp³-hybridized carbons (Fsp3) is 0.231. The highest BCUT2D eigenvalue weighted by atomic mass is 15.0. The summed E-state index contributed by atoms with van der Waals surface area (Å²) in [5.74, 6) is 1.12. The molecule has 0 fully saturated rings. The largest absolute Gasteiger partial charge is 0.348 e. The van der Waals surface area contributed by atoms with Crippen LogP contribution in [0.25, 0.3) is 0 Å².